The standard InChI is InChI=1S/C12H12N2O3S/c15-12(16)11-3-10(6-18-11)17-5-9-4-13-7-14(9)8-1-2-8/h3-4,6-8H,1-2,5H2,(H,15,16). The minimum absolute atomic E-state index is 0.292. The lowest BCUT2D eigenvalue weighted by molar-refractivity contribution is 0.0702. The SMILES string of the molecule is O=C(O)c1cc(OCc2cncn2C2CC2)cs1. The van der Waals surface area contributed by atoms with Crippen molar-refractivity contribution in [3.05, 3.63) is 34.5 Å². The second kappa shape index (κ2) is 4.45. The lowest BCUT2D eigenvalue weighted by atomic mass is 10.4. The molecular weight excluding hydrogens is 252 g/mol. The van der Waals surface area contributed by atoms with Gasteiger partial charge in [-0.2, -0.15) is 0 Å². The second-order valence-corrected chi connectivity index (χ2v) is 5.18. The number of carboxylic acids is 1. The number of ether oxygens (including phenoxy) is 1. The van der Waals surface area contributed by atoms with E-state index >= 15 is 0 Å². The summed E-state index contributed by atoms with van der Waals surface area (Å²) in [6.07, 6.45) is 6.02. The van der Waals surface area contributed by atoms with Crippen LogP contribution in [0.25, 0.3) is 0 Å². The number of hydrogen-bond acceptors (Lipinski definition) is 4. The smallest absolute Gasteiger partial charge is 0.346 e. The maximum absolute atomic E-state index is 10.7. The predicted molar refractivity (Wildman–Crippen MR) is 66.1 cm³/mol. The van der Waals surface area contributed by atoms with E-state index in [2.05, 4.69) is 9.55 Å². The molecule has 5 nitrogen and oxygen atoms in total. The van der Waals surface area contributed by atoms with Crippen LogP contribution in [0.1, 0.15) is 34.2 Å². The van der Waals surface area contributed by atoms with Crippen LogP contribution in [0, 0.1) is 0 Å². The van der Waals surface area contributed by atoms with Crippen LogP contribution in [0.15, 0.2) is 24.0 Å². The van der Waals surface area contributed by atoms with Crippen LogP contribution in [0.5, 0.6) is 5.75 Å². The molecule has 94 valence electrons. The van der Waals surface area contributed by atoms with Crippen LogP contribution < -0.4 is 4.74 Å². The van der Waals surface area contributed by atoms with E-state index in [4.69, 9.17) is 9.84 Å². The third-order valence-electron chi connectivity index (χ3n) is 2.86. The van der Waals surface area contributed by atoms with Crippen LogP contribution in [-0.2, 0) is 6.61 Å². The molecule has 0 radical (unpaired) electrons. The molecule has 0 amide bonds. The van der Waals surface area contributed by atoms with E-state index in [1.165, 1.54) is 24.2 Å². The van der Waals surface area contributed by atoms with Gasteiger partial charge in [0.1, 0.15) is 17.2 Å². The summed E-state index contributed by atoms with van der Waals surface area (Å²) in [4.78, 5) is 15.2. The lowest BCUT2D eigenvalue weighted by Gasteiger charge is -2.07. The number of thiophene rings is 1. The molecule has 2 aromatic rings. The van der Waals surface area contributed by atoms with Gasteiger partial charge in [0.15, 0.2) is 0 Å². The number of hydrogen-bond donors (Lipinski definition) is 1. The molecule has 0 saturated heterocycles. The molecule has 3 rings (SSSR count). The van der Waals surface area contributed by atoms with E-state index in [1.54, 1.807) is 17.6 Å². The van der Waals surface area contributed by atoms with Gasteiger partial charge in [-0.05, 0) is 12.8 Å². The quantitative estimate of drug-likeness (QED) is 0.901. The van der Waals surface area contributed by atoms with E-state index in [0.717, 1.165) is 5.69 Å². The topological polar surface area (TPSA) is 64.3 Å². The minimum atomic E-state index is -0.919. The van der Waals surface area contributed by atoms with E-state index in [0.29, 0.717) is 23.3 Å². The first kappa shape index (κ1) is 11.3. The van der Waals surface area contributed by atoms with Gasteiger partial charge in [0.25, 0.3) is 0 Å². The van der Waals surface area contributed by atoms with Crippen molar-refractivity contribution in [2.24, 2.45) is 0 Å². The fourth-order valence-electron chi connectivity index (χ4n) is 1.79. The number of aromatic carboxylic acids is 1. The Labute approximate surface area is 108 Å². The number of imidazole rings is 1. The zero-order valence-corrected chi connectivity index (χ0v) is 10.4. The minimum Gasteiger partial charge on any atom is -0.486 e. The third kappa shape index (κ3) is 2.24. The number of carbonyl (C=O) groups is 1. The number of carboxylic acid groups (broad SMARTS) is 1. The summed E-state index contributed by atoms with van der Waals surface area (Å²) in [6.45, 7) is 0.423. The van der Waals surface area contributed by atoms with Crippen molar-refractivity contribution < 1.29 is 14.6 Å². The fourth-order valence-corrected chi connectivity index (χ4v) is 2.45. The second-order valence-electron chi connectivity index (χ2n) is 4.26. The van der Waals surface area contributed by atoms with Crippen molar-refractivity contribution in [3.8, 4) is 5.75 Å². The molecule has 0 aromatic carbocycles. The Morgan fingerprint density at radius 1 is 1.61 bits per heavy atom. The van der Waals surface area contributed by atoms with Gasteiger partial charge in [0.2, 0.25) is 0 Å². The normalized spacial score (nSPS) is 14.7. The van der Waals surface area contributed by atoms with E-state index < -0.39 is 5.97 Å². The van der Waals surface area contributed by atoms with Crippen molar-refractivity contribution in [2.75, 3.05) is 0 Å². The van der Waals surface area contributed by atoms with Crippen molar-refractivity contribution >= 4 is 17.3 Å². The summed E-state index contributed by atoms with van der Waals surface area (Å²) in [6, 6.07) is 2.12. The molecule has 0 unspecified atom stereocenters. The third-order valence-corrected chi connectivity index (χ3v) is 3.76. The van der Waals surface area contributed by atoms with Crippen LogP contribution in [0.4, 0.5) is 0 Å². The predicted octanol–water partition coefficient (Wildman–Crippen LogP) is 2.56. The Morgan fingerprint density at radius 3 is 3.11 bits per heavy atom. The molecular formula is C12H12N2O3S. The fraction of sp³-hybridized carbons (Fsp3) is 0.333. The van der Waals surface area contributed by atoms with E-state index in [1.807, 2.05) is 6.33 Å². The Morgan fingerprint density at radius 2 is 2.44 bits per heavy atom. The van der Waals surface area contributed by atoms with Gasteiger partial charge in [-0.25, -0.2) is 9.78 Å². The van der Waals surface area contributed by atoms with Gasteiger partial charge in [-0.15, -0.1) is 11.3 Å². The maximum atomic E-state index is 10.7. The summed E-state index contributed by atoms with van der Waals surface area (Å²) in [7, 11) is 0. The van der Waals surface area contributed by atoms with Crippen molar-refractivity contribution in [3.63, 3.8) is 0 Å². The van der Waals surface area contributed by atoms with Crippen LogP contribution in [-0.4, -0.2) is 20.6 Å². The summed E-state index contributed by atoms with van der Waals surface area (Å²) in [5.41, 5.74) is 1.03. The van der Waals surface area contributed by atoms with Crippen molar-refractivity contribution in [1.82, 2.24) is 9.55 Å². The highest BCUT2D eigenvalue weighted by molar-refractivity contribution is 7.12. The molecule has 0 atom stereocenters. The molecule has 2 aromatic heterocycles. The first-order valence-corrected chi connectivity index (χ1v) is 6.57. The highest BCUT2D eigenvalue weighted by Crippen LogP contribution is 2.35. The first-order chi connectivity index (χ1) is 8.74. The van der Waals surface area contributed by atoms with Crippen LogP contribution in [0.2, 0.25) is 0 Å². The highest BCUT2D eigenvalue weighted by atomic mass is 32.1. The van der Waals surface area contributed by atoms with Gasteiger partial charge in [0, 0.05) is 17.5 Å². The molecule has 1 aliphatic carbocycles. The largest absolute Gasteiger partial charge is 0.486 e. The maximum Gasteiger partial charge on any atom is 0.346 e. The molecule has 0 spiro atoms. The molecule has 0 aliphatic heterocycles. The number of aromatic nitrogens is 2. The number of nitrogens with zero attached hydrogens (tertiary/aromatic N) is 2. The molecule has 1 fully saturated rings. The van der Waals surface area contributed by atoms with Gasteiger partial charge in [-0.3, -0.25) is 0 Å². The van der Waals surface area contributed by atoms with Gasteiger partial charge in [-0.1, -0.05) is 0 Å². The van der Waals surface area contributed by atoms with E-state index in [-0.39, 0.29) is 0 Å². The molecule has 6 heteroatoms. The Balaban J connectivity index is 1.66. The van der Waals surface area contributed by atoms with Crippen molar-refractivity contribution in [2.45, 2.75) is 25.5 Å². The number of rotatable bonds is 5. The Hall–Kier alpha value is -1.82. The molecule has 1 aliphatic rings. The molecule has 18 heavy (non-hydrogen) atoms. The lowest BCUT2D eigenvalue weighted by Crippen LogP contribution is -2.03. The first-order valence-electron chi connectivity index (χ1n) is 5.69. The van der Waals surface area contributed by atoms with Crippen LogP contribution >= 0.6 is 11.3 Å². The zero-order valence-electron chi connectivity index (χ0n) is 9.57. The average molecular weight is 264 g/mol. The monoisotopic (exact) mass is 264 g/mol. The Bertz CT molecular complexity index is 571. The zero-order chi connectivity index (χ0) is 12.5. The summed E-state index contributed by atoms with van der Waals surface area (Å²) in [5.74, 6) is -0.321. The van der Waals surface area contributed by atoms with Crippen molar-refractivity contribution in [1.29, 1.82) is 0 Å². The summed E-state index contributed by atoms with van der Waals surface area (Å²) < 4.78 is 7.72. The summed E-state index contributed by atoms with van der Waals surface area (Å²) in [5, 5.41) is 10.5. The molecule has 2 heterocycles. The Kier molecular flexibility index (Phi) is 2.79. The van der Waals surface area contributed by atoms with Gasteiger partial charge >= 0.3 is 5.97 Å². The molecule has 1 N–H and O–H groups in total. The van der Waals surface area contributed by atoms with Gasteiger partial charge < -0.3 is 14.4 Å². The molecule has 0 bridgehead atoms. The van der Waals surface area contributed by atoms with Crippen LogP contribution in [0.3, 0.4) is 0 Å². The highest BCUT2D eigenvalue weighted by Gasteiger charge is 2.25. The summed E-state index contributed by atoms with van der Waals surface area (Å²) >= 11 is 1.17. The average Bonchev–Trinajstić information content (AvgIpc) is 2.92. The van der Waals surface area contributed by atoms with E-state index in [9.17, 15) is 4.79 Å². The molecule has 1 saturated carbocycles. The van der Waals surface area contributed by atoms with Gasteiger partial charge in [0.05, 0.1) is 18.2 Å².